The molecular formula is C43H42N3+. The van der Waals surface area contributed by atoms with Crippen molar-refractivity contribution in [2.45, 2.75) is 41.5 Å². The molecule has 0 fully saturated rings. The van der Waals surface area contributed by atoms with Crippen LogP contribution in [-0.4, -0.2) is 5.96 Å². The van der Waals surface area contributed by atoms with E-state index >= 15 is 0 Å². The van der Waals surface area contributed by atoms with Crippen molar-refractivity contribution in [2.24, 2.45) is 0 Å². The molecule has 0 radical (unpaired) electrons. The number of rotatable bonds is 6. The van der Waals surface area contributed by atoms with Crippen LogP contribution in [0, 0.1) is 41.5 Å². The van der Waals surface area contributed by atoms with Crippen molar-refractivity contribution in [3.63, 3.8) is 0 Å². The molecule has 3 heteroatoms. The maximum absolute atomic E-state index is 2.46. The summed E-state index contributed by atoms with van der Waals surface area (Å²) in [6, 6.07) is 52.2. The summed E-state index contributed by atoms with van der Waals surface area (Å²) in [6.45, 7) is 13.2. The Kier molecular flexibility index (Phi) is 8.85. The van der Waals surface area contributed by atoms with Crippen LogP contribution >= 0.6 is 0 Å². The van der Waals surface area contributed by atoms with Gasteiger partial charge in [0.2, 0.25) is 0 Å². The average Bonchev–Trinajstić information content (AvgIpc) is 3.06. The molecule has 0 saturated carbocycles. The summed E-state index contributed by atoms with van der Waals surface area (Å²) in [6.07, 6.45) is 0. The van der Waals surface area contributed by atoms with Crippen LogP contribution < -0.4 is 14.4 Å². The lowest BCUT2D eigenvalue weighted by Crippen LogP contribution is -2.47. The van der Waals surface area contributed by atoms with Gasteiger partial charge in [-0.25, -0.2) is 0 Å². The van der Waals surface area contributed by atoms with E-state index in [9.17, 15) is 0 Å². The van der Waals surface area contributed by atoms with Crippen LogP contribution in [0.4, 0.5) is 34.1 Å². The van der Waals surface area contributed by atoms with E-state index < -0.39 is 0 Å². The van der Waals surface area contributed by atoms with Crippen LogP contribution in [0.2, 0.25) is 0 Å². The van der Waals surface area contributed by atoms with Crippen molar-refractivity contribution in [1.29, 1.82) is 0 Å². The molecule has 228 valence electrons. The fourth-order valence-electron chi connectivity index (χ4n) is 6.22. The molecule has 46 heavy (non-hydrogen) atoms. The summed E-state index contributed by atoms with van der Waals surface area (Å²) in [5.41, 5.74) is 13.8. The normalized spacial score (nSPS) is 10.8. The molecule has 0 N–H and O–H groups in total. The lowest BCUT2D eigenvalue weighted by molar-refractivity contribution is 0.996. The third-order valence-electron chi connectivity index (χ3n) is 8.74. The highest BCUT2D eigenvalue weighted by molar-refractivity contribution is 6.18. The minimum Gasteiger partial charge on any atom is -0.197 e. The lowest BCUT2D eigenvalue weighted by atomic mass is 10.1. The van der Waals surface area contributed by atoms with Gasteiger partial charge in [-0.1, -0.05) is 109 Å². The Morgan fingerprint density at radius 1 is 0.326 bits per heavy atom. The standard InChI is InChI=1S/C43H42N3/c1-31-19-7-13-25-37(31)44(38-26-14-8-20-32(38)2)43(45(39-27-15-9-21-33(39)3)40-28-16-10-22-34(40)4)46(41-29-17-11-23-35(41)5)42-30-18-12-24-36(42)6/h7-30H,1-6H3/q+1. The smallest absolute Gasteiger partial charge is 0.197 e. The largest absolute Gasteiger partial charge is 0.380 e. The van der Waals surface area contributed by atoms with Gasteiger partial charge in [-0.2, -0.15) is 14.4 Å². The van der Waals surface area contributed by atoms with Crippen LogP contribution in [0.25, 0.3) is 0 Å². The van der Waals surface area contributed by atoms with Gasteiger partial charge in [-0.15, -0.1) is 0 Å². The number of benzene rings is 6. The molecule has 0 unspecified atom stereocenters. The number of hydrogen-bond acceptors (Lipinski definition) is 0. The van der Waals surface area contributed by atoms with Gasteiger partial charge < -0.3 is 0 Å². The molecule has 0 saturated heterocycles. The second kappa shape index (κ2) is 13.3. The summed E-state index contributed by atoms with van der Waals surface area (Å²) in [4.78, 5) is 4.92. The van der Waals surface area contributed by atoms with E-state index in [2.05, 4.69) is 202 Å². The molecule has 0 aliphatic carbocycles. The van der Waals surface area contributed by atoms with E-state index in [-0.39, 0.29) is 0 Å². The molecule has 6 aromatic carbocycles. The maximum Gasteiger partial charge on any atom is 0.380 e. The minimum atomic E-state index is 0.996. The number of para-hydroxylation sites is 6. The molecule has 3 nitrogen and oxygen atoms in total. The van der Waals surface area contributed by atoms with Crippen LogP contribution in [0.5, 0.6) is 0 Å². The summed E-state index contributed by atoms with van der Waals surface area (Å²) in [7, 11) is 0. The summed E-state index contributed by atoms with van der Waals surface area (Å²) < 4.78 is 2.46. The van der Waals surface area contributed by atoms with Gasteiger partial charge in [-0.05, 0) is 111 Å². The molecule has 0 heterocycles. The number of anilines is 4. The van der Waals surface area contributed by atoms with Crippen molar-refractivity contribution >= 4 is 40.1 Å². The minimum absolute atomic E-state index is 0.996. The molecule has 6 aromatic rings. The average molecular weight is 601 g/mol. The van der Waals surface area contributed by atoms with Crippen molar-refractivity contribution in [3.8, 4) is 0 Å². The Hall–Kier alpha value is -5.41. The van der Waals surface area contributed by atoms with Crippen LogP contribution in [0.15, 0.2) is 146 Å². The number of guanidine groups is 1. The number of aryl methyl sites for hydroxylation is 6. The molecular weight excluding hydrogens is 558 g/mol. The molecule has 0 aliphatic heterocycles. The third kappa shape index (κ3) is 5.84. The molecule has 0 spiro atoms. The summed E-state index contributed by atoms with van der Waals surface area (Å²) in [5, 5.41) is 0. The Morgan fingerprint density at radius 2 is 0.565 bits per heavy atom. The first-order valence-electron chi connectivity index (χ1n) is 16.0. The Bertz CT molecular complexity index is 1800. The molecule has 0 aliphatic rings. The van der Waals surface area contributed by atoms with Crippen molar-refractivity contribution in [1.82, 2.24) is 4.58 Å². The first-order valence-corrected chi connectivity index (χ1v) is 16.0. The summed E-state index contributed by atoms with van der Waals surface area (Å²) >= 11 is 0. The van der Waals surface area contributed by atoms with Crippen molar-refractivity contribution in [3.05, 3.63) is 179 Å². The van der Waals surface area contributed by atoms with Gasteiger partial charge in [-0.3, -0.25) is 0 Å². The van der Waals surface area contributed by atoms with Crippen molar-refractivity contribution in [2.75, 3.05) is 9.80 Å². The predicted octanol–water partition coefficient (Wildman–Crippen LogP) is 11.4. The van der Waals surface area contributed by atoms with Gasteiger partial charge >= 0.3 is 5.96 Å². The monoisotopic (exact) mass is 600 g/mol. The molecule has 6 rings (SSSR count). The quantitative estimate of drug-likeness (QED) is 0.107. The SMILES string of the molecule is Cc1ccccc1N(C(N(c1ccccc1C)c1ccccc1C)=[N+](c1ccccc1C)c1ccccc1C)c1ccccc1C. The van der Waals surface area contributed by atoms with Gasteiger partial charge in [0.1, 0.15) is 34.1 Å². The molecule has 0 bridgehead atoms. The predicted molar refractivity (Wildman–Crippen MR) is 198 cm³/mol. The summed E-state index contributed by atoms with van der Waals surface area (Å²) in [5.74, 6) is 0.996. The zero-order chi connectivity index (χ0) is 32.2. The first kappa shape index (κ1) is 30.6. The Balaban J connectivity index is 1.92. The van der Waals surface area contributed by atoms with Crippen molar-refractivity contribution < 1.29 is 0 Å². The van der Waals surface area contributed by atoms with E-state index in [0.717, 1.165) is 40.1 Å². The number of nitrogens with zero attached hydrogens (tertiary/aromatic N) is 3. The van der Waals surface area contributed by atoms with E-state index in [1.807, 2.05) is 0 Å². The third-order valence-corrected chi connectivity index (χ3v) is 8.74. The second-order valence-corrected chi connectivity index (χ2v) is 12.0. The van der Waals surface area contributed by atoms with Crippen LogP contribution in [0.3, 0.4) is 0 Å². The highest BCUT2D eigenvalue weighted by Crippen LogP contribution is 2.40. The lowest BCUT2D eigenvalue weighted by Gasteiger charge is -2.33. The van der Waals surface area contributed by atoms with Gasteiger partial charge in [0.25, 0.3) is 0 Å². The fourth-order valence-corrected chi connectivity index (χ4v) is 6.22. The molecule has 0 amide bonds. The van der Waals surface area contributed by atoms with Crippen LogP contribution in [-0.2, 0) is 0 Å². The number of hydrogen-bond donors (Lipinski definition) is 0. The van der Waals surface area contributed by atoms with E-state index in [1.54, 1.807) is 0 Å². The Labute approximate surface area is 274 Å². The highest BCUT2D eigenvalue weighted by Gasteiger charge is 2.39. The van der Waals surface area contributed by atoms with E-state index in [0.29, 0.717) is 0 Å². The highest BCUT2D eigenvalue weighted by atomic mass is 15.4. The first-order chi connectivity index (χ1) is 22.4. The second-order valence-electron chi connectivity index (χ2n) is 12.0. The van der Waals surface area contributed by atoms with E-state index in [1.165, 1.54) is 33.4 Å². The zero-order valence-electron chi connectivity index (χ0n) is 27.7. The van der Waals surface area contributed by atoms with Gasteiger partial charge in [0, 0.05) is 0 Å². The topological polar surface area (TPSA) is 9.49 Å². The molecule has 0 aromatic heterocycles. The van der Waals surface area contributed by atoms with Gasteiger partial charge in [0.15, 0.2) is 0 Å². The van der Waals surface area contributed by atoms with Crippen LogP contribution in [0.1, 0.15) is 33.4 Å². The Morgan fingerprint density at radius 3 is 0.826 bits per heavy atom. The van der Waals surface area contributed by atoms with E-state index in [4.69, 9.17) is 0 Å². The fraction of sp³-hybridized carbons (Fsp3) is 0.140. The zero-order valence-corrected chi connectivity index (χ0v) is 27.7. The van der Waals surface area contributed by atoms with Gasteiger partial charge in [0.05, 0.1) is 0 Å². The molecule has 0 atom stereocenters. The maximum atomic E-state index is 2.46.